The molecule has 3 rings (SSSR count). The fourth-order valence-electron chi connectivity index (χ4n) is 2.24. The van der Waals surface area contributed by atoms with Gasteiger partial charge in [-0.05, 0) is 44.0 Å². The lowest BCUT2D eigenvalue weighted by Crippen LogP contribution is -2.42. The molecule has 0 aliphatic heterocycles. The van der Waals surface area contributed by atoms with Crippen LogP contribution >= 0.6 is 15.9 Å². The molecule has 1 heterocycles. The average molecular weight is 374 g/mol. The molecule has 2 N–H and O–H groups in total. The van der Waals surface area contributed by atoms with E-state index < -0.39 is 0 Å². The zero-order chi connectivity index (χ0) is 16.4. The number of hydrazine groups is 1. The number of nitrogens with one attached hydrogen (secondary N) is 2. The summed E-state index contributed by atoms with van der Waals surface area (Å²) in [7, 11) is 0. The number of hydrogen-bond donors (Lipinski definition) is 2. The number of amides is 2. The minimum Gasteiger partial charge on any atom is -0.273 e. The van der Waals surface area contributed by atoms with E-state index in [1.54, 1.807) is 19.1 Å². The second-order valence-corrected chi connectivity index (χ2v) is 6.47. The highest BCUT2D eigenvalue weighted by molar-refractivity contribution is 9.10. The van der Waals surface area contributed by atoms with Crippen LogP contribution in [0.1, 0.15) is 28.9 Å². The molecule has 1 fully saturated rings. The van der Waals surface area contributed by atoms with Gasteiger partial charge in [-0.3, -0.25) is 25.4 Å². The van der Waals surface area contributed by atoms with Crippen molar-refractivity contribution in [3.63, 3.8) is 0 Å². The number of carbonyl (C=O) groups is 2. The van der Waals surface area contributed by atoms with Crippen molar-refractivity contribution in [2.75, 3.05) is 0 Å². The second kappa shape index (κ2) is 6.50. The second-order valence-electron chi connectivity index (χ2n) is 5.56. The minimum atomic E-state index is -0.357. The van der Waals surface area contributed by atoms with Gasteiger partial charge in [0.2, 0.25) is 5.91 Å². The zero-order valence-electron chi connectivity index (χ0n) is 12.6. The summed E-state index contributed by atoms with van der Waals surface area (Å²) in [6.45, 7) is 1.78. The van der Waals surface area contributed by atoms with Crippen molar-refractivity contribution in [3.05, 3.63) is 52.1 Å². The normalized spacial score (nSPS) is 13.5. The van der Waals surface area contributed by atoms with Gasteiger partial charge in [-0.25, -0.2) is 0 Å². The maximum Gasteiger partial charge on any atom is 0.271 e. The molecule has 1 aromatic heterocycles. The third-order valence-electron chi connectivity index (χ3n) is 3.70. The Balaban J connectivity index is 1.73. The van der Waals surface area contributed by atoms with Crippen molar-refractivity contribution in [1.29, 1.82) is 0 Å². The summed E-state index contributed by atoms with van der Waals surface area (Å²) in [6.07, 6.45) is 1.78. The van der Waals surface area contributed by atoms with E-state index in [0.29, 0.717) is 11.3 Å². The predicted octanol–water partition coefficient (Wildman–Crippen LogP) is 2.99. The molecule has 2 aromatic rings. The first-order valence-corrected chi connectivity index (χ1v) is 8.17. The topological polar surface area (TPSA) is 71.1 Å². The van der Waals surface area contributed by atoms with Crippen LogP contribution in [0.2, 0.25) is 0 Å². The first-order chi connectivity index (χ1) is 11.0. The maximum atomic E-state index is 12.1. The van der Waals surface area contributed by atoms with Crippen molar-refractivity contribution < 1.29 is 9.59 Å². The fourth-order valence-corrected chi connectivity index (χ4v) is 2.64. The van der Waals surface area contributed by atoms with Gasteiger partial charge in [0.25, 0.3) is 5.91 Å². The SMILES string of the molecule is Cc1nc(-c2cccc(Br)c2)ccc1C(=O)NNC(=O)C1CC1. The Labute approximate surface area is 142 Å². The van der Waals surface area contributed by atoms with Gasteiger partial charge in [0, 0.05) is 16.0 Å². The zero-order valence-corrected chi connectivity index (χ0v) is 14.2. The highest BCUT2D eigenvalue weighted by Gasteiger charge is 2.29. The van der Waals surface area contributed by atoms with Crippen LogP contribution in [0.25, 0.3) is 11.3 Å². The number of benzene rings is 1. The molecule has 1 aliphatic rings. The van der Waals surface area contributed by atoms with Crippen LogP contribution in [-0.2, 0) is 4.79 Å². The van der Waals surface area contributed by atoms with E-state index in [2.05, 4.69) is 31.8 Å². The number of rotatable bonds is 3. The highest BCUT2D eigenvalue weighted by Crippen LogP contribution is 2.28. The molecule has 0 unspecified atom stereocenters. The molecule has 118 valence electrons. The molecule has 1 saturated carbocycles. The quantitative estimate of drug-likeness (QED) is 0.812. The largest absolute Gasteiger partial charge is 0.273 e. The van der Waals surface area contributed by atoms with Gasteiger partial charge in [0.15, 0.2) is 0 Å². The average Bonchev–Trinajstić information content (AvgIpc) is 3.37. The van der Waals surface area contributed by atoms with E-state index in [1.807, 2.05) is 24.3 Å². The molecule has 0 bridgehead atoms. The van der Waals surface area contributed by atoms with Crippen molar-refractivity contribution in [1.82, 2.24) is 15.8 Å². The summed E-state index contributed by atoms with van der Waals surface area (Å²) in [4.78, 5) is 28.2. The lowest BCUT2D eigenvalue weighted by atomic mass is 10.1. The minimum absolute atomic E-state index is 0.0495. The van der Waals surface area contributed by atoms with Gasteiger partial charge in [-0.15, -0.1) is 0 Å². The van der Waals surface area contributed by atoms with E-state index in [4.69, 9.17) is 0 Å². The van der Waals surface area contributed by atoms with Gasteiger partial charge in [0.05, 0.1) is 17.0 Å². The molecule has 2 amide bonds. The van der Waals surface area contributed by atoms with Crippen LogP contribution in [0.3, 0.4) is 0 Å². The molecule has 0 spiro atoms. The van der Waals surface area contributed by atoms with E-state index in [0.717, 1.165) is 28.6 Å². The highest BCUT2D eigenvalue weighted by atomic mass is 79.9. The predicted molar refractivity (Wildman–Crippen MR) is 90.4 cm³/mol. The summed E-state index contributed by atoms with van der Waals surface area (Å²) >= 11 is 3.43. The molecule has 0 atom stereocenters. The lowest BCUT2D eigenvalue weighted by molar-refractivity contribution is -0.123. The summed E-state index contributed by atoms with van der Waals surface area (Å²) in [5, 5.41) is 0. The van der Waals surface area contributed by atoms with Crippen molar-refractivity contribution in [2.45, 2.75) is 19.8 Å². The number of carbonyl (C=O) groups excluding carboxylic acids is 2. The number of pyridine rings is 1. The Morgan fingerprint density at radius 3 is 2.61 bits per heavy atom. The van der Waals surface area contributed by atoms with E-state index in [1.165, 1.54) is 0 Å². The Kier molecular flexibility index (Phi) is 4.43. The molecular weight excluding hydrogens is 358 g/mol. The lowest BCUT2D eigenvalue weighted by Gasteiger charge is -2.10. The van der Waals surface area contributed by atoms with Crippen LogP contribution in [0.4, 0.5) is 0 Å². The number of hydrogen-bond acceptors (Lipinski definition) is 3. The standard InChI is InChI=1S/C17H16BrN3O2/c1-10-14(17(23)21-20-16(22)11-5-6-11)7-8-15(19-10)12-3-2-4-13(18)9-12/h2-4,7-9,11H,5-6H2,1H3,(H,20,22)(H,21,23). The Hall–Kier alpha value is -2.21. The van der Waals surface area contributed by atoms with Gasteiger partial charge >= 0.3 is 0 Å². The molecule has 0 radical (unpaired) electrons. The smallest absolute Gasteiger partial charge is 0.271 e. The maximum absolute atomic E-state index is 12.1. The van der Waals surface area contributed by atoms with Gasteiger partial charge < -0.3 is 0 Å². The fraction of sp³-hybridized carbons (Fsp3) is 0.235. The number of halogens is 1. The molecule has 6 heteroatoms. The van der Waals surface area contributed by atoms with Crippen LogP contribution in [0, 0.1) is 12.8 Å². The monoisotopic (exact) mass is 373 g/mol. The Bertz CT molecular complexity index is 772. The van der Waals surface area contributed by atoms with Crippen LogP contribution in [-0.4, -0.2) is 16.8 Å². The molecule has 1 aromatic carbocycles. The van der Waals surface area contributed by atoms with Gasteiger partial charge in [-0.2, -0.15) is 0 Å². The summed E-state index contributed by atoms with van der Waals surface area (Å²) in [5.41, 5.74) is 7.71. The number of aromatic nitrogens is 1. The van der Waals surface area contributed by atoms with Crippen molar-refractivity contribution in [3.8, 4) is 11.3 Å². The van der Waals surface area contributed by atoms with Gasteiger partial charge in [0.1, 0.15) is 0 Å². The Morgan fingerprint density at radius 1 is 1.17 bits per heavy atom. The summed E-state index contributed by atoms with van der Waals surface area (Å²) in [6, 6.07) is 11.3. The third kappa shape index (κ3) is 3.76. The van der Waals surface area contributed by atoms with Crippen LogP contribution < -0.4 is 10.9 Å². The third-order valence-corrected chi connectivity index (χ3v) is 4.19. The van der Waals surface area contributed by atoms with E-state index in [-0.39, 0.29) is 17.7 Å². The van der Waals surface area contributed by atoms with Crippen LogP contribution in [0.5, 0.6) is 0 Å². The molecule has 1 aliphatic carbocycles. The van der Waals surface area contributed by atoms with Crippen molar-refractivity contribution >= 4 is 27.7 Å². The molecule has 5 nitrogen and oxygen atoms in total. The number of nitrogens with zero attached hydrogens (tertiary/aromatic N) is 1. The first-order valence-electron chi connectivity index (χ1n) is 7.38. The molecular formula is C17H16BrN3O2. The van der Waals surface area contributed by atoms with E-state index >= 15 is 0 Å². The molecule has 23 heavy (non-hydrogen) atoms. The summed E-state index contributed by atoms with van der Waals surface area (Å²) < 4.78 is 0.971. The van der Waals surface area contributed by atoms with Crippen LogP contribution in [0.15, 0.2) is 40.9 Å². The van der Waals surface area contributed by atoms with Gasteiger partial charge in [-0.1, -0.05) is 28.1 Å². The summed E-state index contributed by atoms with van der Waals surface area (Å²) in [5.74, 6) is -0.437. The molecule has 0 saturated heterocycles. The van der Waals surface area contributed by atoms with E-state index in [9.17, 15) is 9.59 Å². The number of aryl methyl sites for hydroxylation is 1. The Morgan fingerprint density at radius 2 is 1.96 bits per heavy atom. The first kappa shape index (κ1) is 15.7. The van der Waals surface area contributed by atoms with Crippen molar-refractivity contribution in [2.24, 2.45) is 5.92 Å².